The zero-order chi connectivity index (χ0) is 23.5. The fourth-order valence-corrected chi connectivity index (χ4v) is 5.99. The lowest BCUT2D eigenvalue weighted by Crippen LogP contribution is -2.48. The summed E-state index contributed by atoms with van der Waals surface area (Å²) in [5.41, 5.74) is 3.24. The van der Waals surface area contributed by atoms with Crippen molar-refractivity contribution < 1.29 is 0 Å². The molecule has 34 heavy (non-hydrogen) atoms. The number of thiazole rings is 1. The largest absolute Gasteiger partial charge is 0.368 e. The van der Waals surface area contributed by atoms with Crippen LogP contribution >= 0.6 is 11.3 Å². The number of nitrogens with one attached hydrogen (secondary N) is 3. The summed E-state index contributed by atoms with van der Waals surface area (Å²) in [7, 11) is 0. The number of nitrogens with zero attached hydrogens (tertiary/aromatic N) is 5. The van der Waals surface area contributed by atoms with Crippen LogP contribution < -0.4 is 20.9 Å². The Labute approximate surface area is 206 Å². The standard InChI is InChI=1S/C25H36N8S/c1-4-32-13-15-33(16-14-32)20-9-10-22(26-17-20)31-25(3)27-12-11-21(30-25)23-18(2)28-24(34-23)29-19-7-5-6-8-19/h9-12,17,19,30H,4-8,13-16H2,1-3H3,(H,26,31)(H,28,29). The zero-order valence-corrected chi connectivity index (χ0v) is 21.3. The van der Waals surface area contributed by atoms with Crippen molar-refractivity contribution in [1.82, 2.24) is 20.2 Å². The van der Waals surface area contributed by atoms with Crippen molar-refractivity contribution in [2.24, 2.45) is 4.99 Å². The molecule has 8 nitrogen and oxygen atoms in total. The summed E-state index contributed by atoms with van der Waals surface area (Å²) < 4.78 is 0. The maximum atomic E-state index is 4.79. The molecule has 3 aliphatic rings. The Morgan fingerprint density at radius 3 is 2.68 bits per heavy atom. The number of aliphatic imine (C=N–C) groups is 1. The second-order valence-corrected chi connectivity index (χ2v) is 10.6. The maximum Gasteiger partial charge on any atom is 0.203 e. The van der Waals surface area contributed by atoms with Gasteiger partial charge in [0.25, 0.3) is 0 Å². The van der Waals surface area contributed by atoms with E-state index in [4.69, 9.17) is 4.98 Å². The lowest BCUT2D eigenvalue weighted by Gasteiger charge is -2.35. The molecule has 2 aromatic rings. The van der Waals surface area contributed by atoms with Gasteiger partial charge in [-0.3, -0.25) is 0 Å². The Morgan fingerprint density at radius 1 is 1.18 bits per heavy atom. The Hall–Kier alpha value is -2.65. The molecule has 2 aromatic heterocycles. The zero-order valence-electron chi connectivity index (χ0n) is 20.5. The van der Waals surface area contributed by atoms with Gasteiger partial charge in [-0.2, -0.15) is 0 Å². The van der Waals surface area contributed by atoms with Crippen LogP contribution in [0, 0.1) is 6.92 Å². The van der Waals surface area contributed by atoms with E-state index >= 15 is 0 Å². The Morgan fingerprint density at radius 2 is 1.97 bits per heavy atom. The molecule has 2 aliphatic heterocycles. The highest BCUT2D eigenvalue weighted by atomic mass is 32.1. The van der Waals surface area contributed by atoms with Crippen molar-refractivity contribution in [1.29, 1.82) is 0 Å². The average molecular weight is 481 g/mol. The first-order valence-corrected chi connectivity index (χ1v) is 13.3. The number of aryl methyl sites for hydroxylation is 1. The van der Waals surface area contributed by atoms with E-state index in [-0.39, 0.29) is 0 Å². The van der Waals surface area contributed by atoms with E-state index in [0.717, 1.165) is 59.9 Å². The minimum Gasteiger partial charge on any atom is -0.368 e. The third-order valence-electron chi connectivity index (χ3n) is 6.98. The van der Waals surface area contributed by atoms with Crippen LogP contribution in [0.2, 0.25) is 0 Å². The van der Waals surface area contributed by atoms with E-state index in [1.165, 1.54) is 31.4 Å². The number of aromatic nitrogens is 2. The van der Waals surface area contributed by atoms with Gasteiger partial charge >= 0.3 is 0 Å². The molecule has 1 saturated heterocycles. The second kappa shape index (κ2) is 9.92. The molecule has 0 bridgehead atoms. The van der Waals surface area contributed by atoms with E-state index in [9.17, 15) is 0 Å². The Kier molecular flexibility index (Phi) is 6.74. The molecule has 5 rings (SSSR count). The summed E-state index contributed by atoms with van der Waals surface area (Å²) in [6, 6.07) is 4.76. The Balaban J connectivity index is 1.22. The minimum atomic E-state index is -0.680. The van der Waals surface area contributed by atoms with Crippen LogP contribution in [-0.4, -0.2) is 65.6 Å². The van der Waals surface area contributed by atoms with Crippen molar-refractivity contribution in [2.75, 3.05) is 48.3 Å². The van der Waals surface area contributed by atoms with E-state index < -0.39 is 5.79 Å². The highest BCUT2D eigenvalue weighted by Gasteiger charge is 2.28. The van der Waals surface area contributed by atoms with Crippen molar-refractivity contribution in [3.8, 4) is 0 Å². The van der Waals surface area contributed by atoms with Crippen LogP contribution in [0.5, 0.6) is 0 Å². The van der Waals surface area contributed by atoms with Gasteiger partial charge in [0.15, 0.2) is 5.13 Å². The van der Waals surface area contributed by atoms with Crippen molar-refractivity contribution in [3.63, 3.8) is 0 Å². The fraction of sp³-hybridized carbons (Fsp3) is 0.560. The van der Waals surface area contributed by atoms with E-state index in [0.29, 0.717) is 6.04 Å². The molecule has 1 unspecified atom stereocenters. The molecule has 2 fully saturated rings. The molecule has 3 N–H and O–H groups in total. The maximum absolute atomic E-state index is 4.79. The summed E-state index contributed by atoms with van der Waals surface area (Å²) >= 11 is 1.71. The molecule has 9 heteroatoms. The molecule has 0 amide bonds. The van der Waals surface area contributed by atoms with Crippen LogP contribution in [0.3, 0.4) is 0 Å². The number of piperazine rings is 1. The molecule has 182 valence electrons. The predicted octanol–water partition coefficient (Wildman–Crippen LogP) is 4.14. The van der Waals surface area contributed by atoms with Gasteiger partial charge in [0.2, 0.25) is 5.79 Å². The lowest BCUT2D eigenvalue weighted by atomic mass is 10.2. The van der Waals surface area contributed by atoms with Crippen molar-refractivity contribution >= 4 is 39.9 Å². The van der Waals surface area contributed by atoms with Crippen molar-refractivity contribution in [2.45, 2.75) is 58.3 Å². The molecule has 1 aliphatic carbocycles. The first kappa shape index (κ1) is 23.1. The van der Waals surface area contributed by atoms with Gasteiger partial charge in [-0.05, 0) is 51.4 Å². The van der Waals surface area contributed by atoms with E-state index in [2.05, 4.69) is 55.6 Å². The van der Waals surface area contributed by atoms with E-state index in [1.54, 1.807) is 11.3 Å². The minimum absolute atomic E-state index is 0.560. The van der Waals surface area contributed by atoms with Crippen LogP contribution in [0.1, 0.15) is 50.1 Å². The number of rotatable bonds is 7. The normalized spacial score (nSPS) is 23.6. The molecule has 0 aromatic carbocycles. The first-order valence-electron chi connectivity index (χ1n) is 12.5. The number of hydrogen-bond donors (Lipinski definition) is 3. The van der Waals surface area contributed by atoms with Gasteiger partial charge in [0.05, 0.1) is 28.2 Å². The SMILES string of the molecule is CCN1CCN(c2ccc(NC3(C)N=CC=C(c4sc(NC5CCCC5)nc4C)N3)nc2)CC1. The van der Waals surface area contributed by atoms with Gasteiger partial charge in [-0.25, -0.2) is 15.0 Å². The third kappa shape index (κ3) is 5.20. The van der Waals surface area contributed by atoms with Gasteiger partial charge in [0, 0.05) is 38.4 Å². The quantitative estimate of drug-likeness (QED) is 0.549. The van der Waals surface area contributed by atoms with Crippen molar-refractivity contribution in [3.05, 3.63) is 35.0 Å². The van der Waals surface area contributed by atoms with Gasteiger partial charge in [-0.1, -0.05) is 31.1 Å². The molecular formula is C25H36N8S. The number of anilines is 3. The number of likely N-dealkylation sites (N-methyl/N-ethyl adjacent to an activating group) is 1. The number of pyridine rings is 1. The topological polar surface area (TPSA) is 80.7 Å². The summed E-state index contributed by atoms with van der Waals surface area (Å²) in [6.45, 7) is 11.8. The summed E-state index contributed by atoms with van der Waals surface area (Å²) in [4.78, 5) is 20.2. The predicted molar refractivity (Wildman–Crippen MR) is 143 cm³/mol. The summed E-state index contributed by atoms with van der Waals surface area (Å²) in [5, 5.41) is 11.7. The third-order valence-corrected chi connectivity index (χ3v) is 8.10. The first-order chi connectivity index (χ1) is 16.5. The summed E-state index contributed by atoms with van der Waals surface area (Å²) in [6.07, 6.45) is 11.0. The number of hydrogen-bond acceptors (Lipinski definition) is 9. The smallest absolute Gasteiger partial charge is 0.203 e. The second-order valence-electron chi connectivity index (χ2n) is 9.56. The van der Waals surface area contributed by atoms with Crippen LogP contribution in [0.4, 0.5) is 16.6 Å². The molecule has 1 saturated carbocycles. The molecular weight excluding hydrogens is 444 g/mol. The number of allylic oxidation sites excluding steroid dienone is 1. The van der Waals surface area contributed by atoms with Crippen LogP contribution in [0.15, 0.2) is 29.4 Å². The average Bonchev–Trinajstić information content (AvgIpc) is 3.49. The monoisotopic (exact) mass is 480 g/mol. The lowest BCUT2D eigenvalue weighted by molar-refractivity contribution is 0.271. The highest BCUT2D eigenvalue weighted by Crippen LogP contribution is 2.32. The molecule has 4 heterocycles. The molecule has 0 spiro atoms. The van der Waals surface area contributed by atoms with Gasteiger partial charge in [0.1, 0.15) is 5.82 Å². The Bertz CT molecular complexity index is 1030. The fourth-order valence-electron chi connectivity index (χ4n) is 4.96. The van der Waals surface area contributed by atoms with E-state index in [1.807, 2.05) is 31.5 Å². The van der Waals surface area contributed by atoms with Gasteiger partial charge < -0.3 is 25.8 Å². The highest BCUT2D eigenvalue weighted by molar-refractivity contribution is 7.16. The van der Waals surface area contributed by atoms with Gasteiger partial charge in [-0.15, -0.1) is 0 Å². The van der Waals surface area contributed by atoms with Crippen LogP contribution in [-0.2, 0) is 0 Å². The summed E-state index contributed by atoms with van der Waals surface area (Å²) in [5.74, 6) is 0.120. The van der Waals surface area contributed by atoms with Crippen LogP contribution in [0.25, 0.3) is 5.70 Å². The molecule has 0 radical (unpaired) electrons. The molecule has 1 atom stereocenters.